The van der Waals surface area contributed by atoms with E-state index in [4.69, 9.17) is 21.1 Å². The third-order valence-corrected chi connectivity index (χ3v) is 5.06. The van der Waals surface area contributed by atoms with Crippen LogP contribution >= 0.6 is 27.5 Å². The van der Waals surface area contributed by atoms with E-state index < -0.39 is 35.0 Å². The molecule has 4 rings (SSSR count). The molecule has 2 aliphatic rings. The molecule has 2 aromatic rings. The van der Waals surface area contributed by atoms with Crippen LogP contribution in [0.3, 0.4) is 0 Å². The van der Waals surface area contributed by atoms with Crippen LogP contribution in [0, 0.1) is 0 Å². The monoisotopic (exact) mass is 480 g/mol. The van der Waals surface area contributed by atoms with Gasteiger partial charge in [-0.05, 0) is 42.5 Å². The van der Waals surface area contributed by atoms with Crippen molar-refractivity contribution in [1.29, 1.82) is 0 Å². The van der Waals surface area contributed by atoms with E-state index in [-0.39, 0.29) is 21.9 Å². The molecule has 0 fully saturated rings. The van der Waals surface area contributed by atoms with Gasteiger partial charge >= 0.3 is 17.9 Å². The lowest BCUT2D eigenvalue weighted by Gasteiger charge is -2.45. The molecule has 0 radical (unpaired) electrons. The van der Waals surface area contributed by atoms with Gasteiger partial charge in [0, 0.05) is 15.1 Å². The van der Waals surface area contributed by atoms with Gasteiger partial charge in [0.1, 0.15) is 11.5 Å². The first-order valence-corrected chi connectivity index (χ1v) is 8.82. The lowest BCUT2D eigenvalue weighted by molar-refractivity contribution is -0.365. The standard InChI is InChI=1S/C18H7BrClF5O3/c19-9-1-3-13-8(5-9)6-12-15(26)11-7-10(20)2-4-14(11)28-16(12,27-13)17(21,22)18(23,24)25/h1-7H. The Hall–Kier alpha value is -2.13. The van der Waals surface area contributed by atoms with Crippen LogP contribution in [0.5, 0.6) is 11.5 Å². The Bertz CT molecular complexity index is 1050. The second-order valence-electron chi connectivity index (χ2n) is 6.10. The Kier molecular flexibility index (Phi) is 4.07. The fourth-order valence-electron chi connectivity index (χ4n) is 3.03. The normalized spacial score (nSPS) is 21.0. The number of halogens is 7. The summed E-state index contributed by atoms with van der Waals surface area (Å²) >= 11 is 8.99. The molecule has 10 heteroatoms. The van der Waals surface area contributed by atoms with Crippen molar-refractivity contribution in [3.63, 3.8) is 0 Å². The number of Topliss-reactive ketones (excluding diaryl/α,β-unsaturated/α-hetero) is 1. The SMILES string of the molecule is O=C1C2=Cc3cc(Br)ccc3OC2(C(F)(F)C(F)(F)F)Oc2ccc(Cl)cc21. The van der Waals surface area contributed by atoms with Crippen molar-refractivity contribution < 1.29 is 36.2 Å². The van der Waals surface area contributed by atoms with Gasteiger partial charge in [-0.2, -0.15) is 22.0 Å². The average molecular weight is 482 g/mol. The summed E-state index contributed by atoms with van der Waals surface area (Å²) in [6.45, 7) is 0. The topological polar surface area (TPSA) is 35.5 Å². The molecule has 2 aliphatic heterocycles. The minimum atomic E-state index is -6.05. The second-order valence-corrected chi connectivity index (χ2v) is 7.45. The number of fused-ring (bicyclic) bond motifs is 3. The third-order valence-electron chi connectivity index (χ3n) is 4.33. The molecule has 1 unspecified atom stereocenters. The fourth-order valence-corrected chi connectivity index (χ4v) is 3.58. The molecule has 0 saturated carbocycles. The molecular weight excluding hydrogens is 475 g/mol. The van der Waals surface area contributed by atoms with Crippen molar-refractivity contribution in [3.05, 3.63) is 62.6 Å². The molecule has 0 spiro atoms. The van der Waals surface area contributed by atoms with Crippen molar-refractivity contribution >= 4 is 39.4 Å². The van der Waals surface area contributed by atoms with E-state index >= 15 is 0 Å². The Morgan fingerprint density at radius 3 is 2.29 bits per heavy atom. The molecule has 28 heavy (non-hydrogen) atoms. The zero-order valence-corrected chi connectivity index (χ0v) is 15.8. The van der Waals surface area contributed by atoms with Gasteiger partial charge in [-0.3, -0.25) is 4.79 Å². The first kappa shape index (κ1) is 19.2. The summed E-state index contributed by atoms with van der Waals surface area (Å²) in [5, 5.41) is 0.0891. The van der Waals surface area contributed by atoms with Crippen LogP contribution in [0.1, 0.15) is 15.9 Å². The summed E-state index contributed by atoms with van der Waals surface area (Å²) in [5.74, 6) is -11.1. The first-order chi connectivity index (χ1) is 13.0. The number of ketones is 1. The number of rotatable bonds is 1. The van der Waals surface area contributed by atoms with Gasteiger partial charge in [0.25, 0.3) is 0 Å². The van der Waals surface area contributed by atoms with Gasteiger partial charge in [-0.15, -0.1) is 0 Å². The van der Waals surface area contributed by atoms with Gasteiger partial charge < -0.3 is 9.47 Å². The van der Waals surface area contributed by atoms with Crippen LogP contribution < -0.4 is 9.47 Å². The Morgan fingerprint density at radius 2 is 1.61 bits per heavy atom. The maximum Gasteiger partial charge on any atom is 0.462 e. The van der Waals surface area contributed by atoms with E-state index in [0.717, 1.165) is 18.2 Å². The number of alkyl halides is 5. The van der Waals surface area contributed by atoms with Crippen molar-refractivity contribution in [2.75, 3.05) is 0 Å². The molecular formula is C18H7BrClF5O3. The van der Waals surface area contributed by atoms with E-state index in [9.17, 15) is 26.7 Å². The lowest BCUT2D eigenvalue weighted by atomic mass is 9.85. The molecule has 0 amide bonds. The maximum absolute atomic E-state index is 14.7. The highest BCUT2D eigenvalue weighted by molar-refractivity contribution is 9.10. The maximum atomic E-state index is 14.7. The highest BCUT2D eigenvalue weighted by Gasteiger charge is 2.78. The predicted molar refractivity (Wildman–Crippen MR) is 92.9 cm³/mol. The minimum Gasteiger partial charge on any atom is -0.442 e. The van der Waals surface area contributed by atoms with Crippen LogP contribution in [0.4, 0.5) is 22.0 Å². The molecule has 3 nitrogen and oxygen atoms in total. The Labute approximate surface area is 167 Å². The van der Waals surface area contributed by atoms with E-state index in [1.807, 2.05) is 0 Å². The molecule has 0 aliphatic carbocycles. The molecule has 2 heterocycles. The van der Waals surface area contributed by atoms with Gasteiger partial charge in [-0.25, -0.2) is 0 Å². The smallest absolute Gasteiger partial charge is 0.442 e. The summed E-state index contributed by atoms with van der Waals surface area (Å²) in [6, 6.07) is 7.39. The summed E-state index contributed by atoms with van der Waals surface area (Å²) in [4.78, 5) is 12.9. The number of carbonyl (C=O) groups excluding carboxylic acids is 1. The van der Waals surface area contributed by atoms with Crippen LogP contribution in [-0.4, -0.2) is 23.7 Å². The molecule has 1 atom stereocenters. The van der Waals surface area contributed by atoms with E-state index in [2.05, 4.69) is 15.9 Å². The highest BCUT2D eigenvalue weighted by Crippen LogP contribution is 2.55. The summed E-state index contributed by atoms with van der Waals surface area (Å²) in [6.07, 6.45) is -5.14. The zero-order valence-electron chi connectivity index (χ0n) is 13.4. The van der Waals surface area contributed by atoms with Gasteiger partial charge in [0.15, 0.2) is 0 Å². The summed E-state index contributed by atoms with van der Waals surface area (Å²) in [7, 11) is 0. The van der Waals surface area contributed by atoms with Crippen molar-refractivity contribution in [3.8, 4) is 11.5 Å². The first-order valence-electron chi connectivity index (χ1n) is 7.65. The molecule has 0 bridgehead atoms. The van der Waals surface area contributed by atoms with Crippen LogP contribution in [0.15, 0.2) is 46.4 Å². The Balaban J connectivity index is 2.03. The van der Waals surface area contributed by atoms with Crippen molar-refractivity contribution in [2.45, 2.75) is 17.9 Å². The molecule has 0 aromatic heterocycles. The molecule has 146 valence electrons. The van der Waals surface area contributed by atoms with Crippen LogP contribution in [-0.2, 0) is 0 Å². The minimum absolute atomic E-state index is 0.0891. The summed E-state index contributed by atoms with van der Waals surface area (Å²) in [5.41, 5.74) is -1.08. The highest BCUT2D eigenvalue weighted by atomic mass is 79.9. The second kappa shape index (κ2) is 5.93. The van der Waals surface area contributed by atoms with E-state index in [1.54, 1.807) is 0 Å². The number of carbonyl (C=O) groups is 1. The lowest BCUT2D eigenvalue weighted by Crippen LogP contribution is -2.67. The van der Waals surface area contributed by atoms with Gasteiger partial charge in [-0.1, -0.05) is 27.5 Å². The Morgan fingerprint density at radius 1 is 0.964 bits per heavy atom. The fraction of sp³-hybridized carbons (Fsp3) is 0.167. The average Bonchev–Trinajstić information content (AvgIpc) is 2.60. The van der Waals surface area contributed by atoms with Crippen molar-refractivity contribution in [1.82, 2.24) is 0 Å². The van der Waals surface area contributed by atoms with E-state index in [0.29, 0.717) is 4.47 Å². The van der Waals surface area contributed by atoms with Gasteiger partial charge in [0.2, 0.25) is 5.78 Å². The van der Waals surface area contributed by atoms with Crippen molar-refractivity contribution in [2.24, 2.45) is 0 Å². The molecule has 0 N–H and O–H groups in total. The summed E-state index contributed by atoms with van der Waals surface area (Å²) < 4.78 is 79.9. The largest absolute Gasteiger partial charge is 0.462 e. The predicted octanol–water partition coefficient (Wildman–Crippen LogP) is 6.05. The van der Waals surface area contributed by atoms with Gasteiger partial charge in [0.05, 0.1) is 11.1 Å². The molecule has 0 saturated heterocycles. The number of benzene rings is 2. The van der Waals surface area contributed by atoms with Crippen LogP contribution in [0.25, 0.3) is 6.08 Å². The third kappa shape index (κ3) is 2.56. The molecule has 2 aromatic carbocycles. The van der Waals surface area contributed by atoms with Crippen LogP contribution in [0.2, 0.25) is 5.02 Å². The van der Waals surface area contributed by atoms with E-state index in [1.165, 1.54) is 24.3 Å². The number of hydrogen-bond donors (Lipinski definition) is 0. The number of ether oxygens (including phenoxy) is 2. The zero-order chi connectivity index (χ0) is 20.5. The quantitative estimate of drug-likeness (QED) is 0.466. The number of hydrogen-bond acceptors (Lipinski definition) is 3.